The van der Waals surface area contributed by atoms with Crippen LogP contribution < -0.4 is 9.46 Å². The van der Waals surface area contributed by atoms with Gasteiger partial charge in [-0.2, -0.15) is 0 Å². The smallest absolute Gasteiger partial charge is 0.229 e. The van der Waals surface area contributed by atoms with E-state index in [4.69, 9.17) is 4.74 Å². The molecule has 3 heterocycles. The van der Waals surface area contributed by atoms with Crippen LogP contribution in [-0.2, 0) is 16.4 Å². The lowest BCUT2D eigenvalue weighted by Crippen LogP contribution is -2.51. The molecule has 0 radical (unpaired) electrons. The van der Waals surface area contributed by atoms with Crippen molar-refractivity contribution >= 4 is 46.3 Å². The Morgan fingerprint density at radius 2 is 1.88 bits per heavy atom. The molecule has 1 saturated heterocycles. The molecule has 2 aliphatic heterocycles. The van der Waals surface area contributed by atoms with Gasteiger partial charge in [-0.1, -0.05) is 6.07 Å². The summed E-state index contributed by atoms with van der Waals surface area (Å²) in [4.78, 5) is 19.6. The predicted octanol–water partition coefficient (Wildman–Crippen LogP) is 2.51. The first-order valence-corrected chi connectivity index (χ1v) is 11.7. The van der Waals surface area contributed by atoms with E-state index in [0.717, 1.165) is 50.8 Å². The van der Waals surface area contributed by atoms with Gasteiger partial charge in [-0.15, -0.1) is 24.8 Å². The van der Waals surface area contributed by atoms with Crippen molar-refractivity contribution in [3.63, 3.8) is 0 Å². The molecule has 0 unspecified atom stereocenters. The number of fused-ring (bicyclic) bond motifs is 1. The van der Waals surface area contributed by atoms with Crippen LogP contribution in [0, 0.1) is 0 Å². The van der Waals surface area contributed by atoms with E-state index in [1.807, 2.05) is 24.4 Å². The zero-order valence-electron chi connectivity index (χ0n) is 17.7. The first kappa shape index (κ1) is 28.1. The monoisotopic (exact) mass is 505 g/mol. The van der Waals surface area contributed by atoms with E-state index in [9.17, 15) is 13.2 Å². The number of aromatic nitrogens is 1. The fourth-order valence-electron chi connectivity index (χ4n) is 4.05. The number of nitrogens with zero attached hydrogens (tertiary/aromatic N) is 2. The first-order valence-electron chi connectivity index (χ1n) is 9.78. The maximum absolute atomic E-state index is 12.8. The molecule has 0 amide bonds. The molecule has 2 aliphatic rings. The Hall–Kier alpha value is -1.91. The summed E-state index contributed by atoms with van der Waals surface area (Å²) in [7, 11) is -3.39. The van der Waals surface area contributed by atoms with E-state index in [1.165, 1.54) is 0 Å². The number of likely N-dealkylation sites (tertiary alicyclic amines) is 1. The SMILES string of the molecule is CS(=O)(=O)Nc1ccc2c(c1)C(=O)CC1(CCN(CCc3ccccn3)CC1)O2.Cl.Cl.O. The number of ketones is 1. The van der Waals surface area contributed by atoms with Crippen LogP contribution in [0.5, 0.6) is 5.75 Å². The molecule has 1 aromatic carbocycles. The zero-order chi connectivity index (χ0) is 20.5. The second kappa shape index (κ2) is 11.3. The lowest BCUT2D eigenvalue weighted by molar-refractivity contribution is -0.00868. The minimum absolute atomic E-state index is 0. The van der Waals surface area contributed by atoms with Crippen molar-refractivity contribution in [1.29, 1.82) is 0 Å². The van der Waals surface area contributed by atoms with Crippen LogP contribution in [0.3, 0.4) is 0 Å². The Kier molecular flexibility index (Phi) is 9.92. The molecule has 178 valence electrons. The molecule has 1 aromatic heterocycles. The Morgan fingerprint density at radius 3 is 2.50 bits per heavy atom. The molecule has 0 saturated carbocycles. The second-order valence-electron chi connectivity index (χ2n) is 7.88. The van der Waals surface area contributed by atoms with E-state index in [0.29, 0.717) is 23.4 Å². The highest BCUT2D eigenvalue weighted by molar-refractivity contribution is 7.92. The van der Waals surface area contributed by atoms with Crippen LogP contribution in [0.15, 0.2) is 42.6 Å². The van der Waals surface area contributed by atoms with E-state index in [2.05, 4.69) is 14.6 Å². The molecule has 3 N–H and O–H groups in total. The van der Waals surface area contributed by atoms with Gasteiger partial charge in [0.1, 0.15) is 11.4 Å². The van der Waals surface area contributed by atoms with Crippen LogP contribution in [0.4, 0.5) is 5.69 Å². The van der Waals surface area contributed by atoms with Gasteiger partial charge in [-0.3, -0.25) is 14.5 Å². The summed E-state index contributed by atoms with van der Waals surface area (Å²) < 4.78 is 31.6. The van der Waals surface area contributed by atoms with Gasteiger partial charge in [0.2, 0.25) is 10.0 Å². The number of halogens is 2. The summed E-state index contributed by atoms with van der Waals surface area (Å²) >= 11 is 0. The topological polar surface area (TPSA) is 120 Å². The maximum atomic E-state index is 12.8. The number of carbonyl (C=O) groups is 1. The number of Topliss-reactive ketones (excluding diaryl/α,β-unsaturated/α-hetero) is 1. The van der Waals surface area contributed by atoms with E-state index in [-0.39, 0.29) is 36.1 Å². The lowest BCUT2D eigenvalue weighted by Gasteiger charge is -2.44. The summed E-state index contributed by atoms with van der Waals surface area (Å²) in [6.07, 6.45) is 5.73. The zero-order valence-corrected chi connectivity index (χ0v) is 20.2. The third-order valence-corrected chi connectivity index (χ3v) is 6.18. The Bertz CT molecular complexity index is 1010. The molecule has 4 rings (SSSR count). The fourth-order valence-corrected chi connectivity index (χ4v) is 4.61. The first-order chi connectivity index (χ1) is 13.8. The van der Waals surface area contributed by atoms with Crippen LogP contribution >= 0.6 is 24.8 Å². The van der Waals surface area contributed by atoms with Crippen molar-refractivity contribution in [2.75, 3.05) is 30.6 Å². The second-order valence-corrected chi connectivity index (χ2v) is 9.63. The summed E-state index contributed by atoms with van der Waals surface area (Å²) in [5.74, 6) is 0.549. The Morgan fingerprint density at radius 1 is 1.16 bits per heavy atom. The number of nitrogens with one attached hydrogen (secondary N) is 1. The van der Waals surface area contributed by atoms with Crippen molar-refractivity contribution in [1.82, 2.24) is 9.88 Å². The summed E-state index contributed by atoms with van der Waals surface area (Å²) in [6.45, 7) is 2.70. The summed E-state index contributed by atoms with van der Waals surface area (Å²) in [6, 6.07) is 10.8. The molecule has 11 heteroatoms. The van der Waals surface area contributed by atoms with Crippen molar-refractivity contribution in [2.24, 2.45) is 0 Å². The van der Waals surface area contributed by atoms with Crippen molar-refractivity contribution in [2.45, 2.75) is 31.3 Å². The third kappa shape index (κ3) is 6.79. The van der Waals surface area contributed by atoms with Crippen molar-refractivity contribution in [3.8, 4) is 5.75 Å². The molecule has 8 nitrogen and oxygen atoms in total. The molecular weight excluding hydrogens is 477 g/mol. The van der Waals surface area contributed by atoms with Gasteiger partial charge in [0, 0.05) is 56.5 Å². The third-order valence-electron chi connectivity index (χ3n) is 5.57. The van der Waals surface area contributed by atoms with E-state index < -0.39 is 15.6 Å². The van der Waals surface area contributed by atoms with Crippen LogP contribution in [0.25, 0.3) is 0 Å². The lowest BCUT2D eigenvalue weighted by atomic mass is 9.82. The number of piperidine rings is 1. The van der Waals surface area contributed by atoms with Crippen LogP contribution in [0.1, 0.15) is 35.3 Å². The van der Waals surface area contributed by atoms with Gasteiger partial charge < -0.3 is 15.1 Å². The van der Waals surface area contributed by atoms with Crippen LogP contribution in [0.2, 0.25) is 0 Å². The predicted molar refractivity (Wildman–Crippen MR) is 129 cm³/mol. The van der Waals surface area contributed by atoms with Crippen LogP contribution in [-0.4, -0.2) is 61.1 Å². The molecule has 1 spiro atoms. The highest BCUT2D eigenvalue weighted by Gasteiger charge is 2.42. The molecular formula is C21H29Cl2N3O5S. The minimum atomic E-state index is -3.39. The number of carbonyl (C=O) groups excluding carboxylic acids is 1. The number of benzene rings is 1. The number of anilines is 1. The molecule has 0 aliphatic carbocycles. The van der Waals surface area contributed by atoms with Crippen molar-refractivity contribution < 1.29 is 23.4 Å². The van der Waals surface area contributed by atoms with Gasteiger partial charge in [0.15, 0.2) is 5.78 Å². The Labute approximate surface area is 200 Å². The molecule has 0 atom stereocenters. The standard InChI is InChI=1S/C21H25N3O4S.2ClH.H2O/c1-29(26,27)23-17-5-6-20-18(14-17)19(25)15-21(28-20)8-12-24(13-9-21)11-7-16-4-2-3-10-22-16;;;/h2-6,10,14,23H,7-9,11-13,15H2,1H3;2*1H;1H2. The number of ether oxygens (including phenoxy) is 1. The fraction of sp³-hybridized carbons (Fsp3) is 0.429. The molecule has 0 bridgehead atoms. The number of hydrogen-bond acceptors (Lipinski definition) is 6. The quantitative estimate of drug-likeness (QED) is 0.666. The van der Waals surface area contributed by atoms with Gasteiger partial charge in [-0.05, 0) is 30.3 Å². The van der Waals surface area contributed by atoms with Gasteiger partial charge in [0.05, 0.1) is 18.2 Å². The average Bonchev–Trinajstić information content (AvgIpc) is 2.68. The molecule has 2 aromatic rings. The highest BCUT2D eigenvalue weighted by Crippen LogP contribution is 2.40. The summed E-state index contributed by atoms with van der Waals surface area (Å²) in [5.41, 5.74) is 1.45. The molecule has 1 fully saturated rings. The maximum Gasteiger partial charge on any atom is 0.229 e. The molecule has 32 heavy (non-hydrogen) atoms. The van der Waals surface area contributed by atoms with Gasteiger partial charge >= 0.3 is 0 Å². The number of hydrogen-bond donors (Lipinski definition) is 1. The number of pyridine rings is 1. The van der Waals surface area contributed by atoms with Crippen molar-refractivity contribution in [3.05, 3.63) is 53.9 Å². The number of rotatable bonds is 5. The van der Waals surface area contributed by atoms with E-state index >= 15 is 0 Å². The Balaban J connectivity index is 0.00000171. The average molecular weight is 506 g/mol. The summed E-state index contributed by atoms with van der Waals surface area (Å²) in [5, 5.41) is 0. The minimum Gasteiger partial charge on any atom is -0.486 e. The highest BCUT2D eigenvalue weighted by atomic mass is 35.5. The van der Waals surface area contributed by atoms with Gasteiger partial charge in [-0.25, -0.2) is 8.42 Å². The largest absolute Gasteiger partial charge is 0.486 e. The van der Waals surface area contributed by atoms with E-state index in [1.54, 1.807) is 18.2 Å². The number of sulfonamides is 1. The normalized spacial score (nSPS) is 17.1. The van der Waals surface area contributed by atoms with Gasteiger partial charge in [0.25, 0.3) is 0 Å².